The first-order valence-electron chi connectivity index (χ1n) is 2.24. The van der Waals surface area contributed by atoms with Crippen LogP contribution in [-0.4, -0.2) is 6.72 Å². The van der Waals surface area contributed by atoms with Crippen molar-refractivity contribution in [1.29, 1.82) is 0 Å². The van der Waals surface area contributed by atoms with Gasteiger partial charge in [0, 0.05) is 12.9 Å². The summed E-state index contributed by atoms with van der Waals surface area (Å²) in [4.78, 5) is 0. The number of hydrogen-bond acceptors (Lipinski definition) is 2. The van der Waals surface area contributed by atoms with Crippen molar-refractivity contribution in [3.05, 3.63) is 12.8 Å². The fourth-order valence-corrected chi connectivity index (χ4v) is 0.0645. The average molecular weight is 100 g/mol. The van der Waals surface area contributed by atoms with E-state index in [1.165, 1.54) is 6.20 Å². The van der Waals surface area contributed by atoms with E-state index in [1.54, 1.807) is 0 Å². The third-order valence-electron chi connectivity index (χ3n) is 0.183. The molecule has 0 atom stereocenters. The van der Waals surface area contributed by atoms with E-state index in [0.29, 0.717) is 0 Å². The smallest absolute Gasteiger partial charge is 0.0127 e. The number of nitrogens with one attached hydrogen (secondary N) is 1. The fraction of sp³-hybridized carbons (Fsp3) is 0.400. The van der Waals surface area contributed by atoms with Crippen LogP contribution in [0.15, 0.2) is 17.9 Å². The van der Waals surface area contributed by atoms with Crippen LogP contribution in [0.5, 0.6) is 0 Å². The molecule has 0 aliphatic heterocycles. The van der Waals surface area contributed by atoms with Gasteiger partial charge in [-0.1, -0.05) is 20.4 Å². The minimum absolute atomic E-state index is 1.45. The number of hydrazone groups is 1. The van der Waals surface area contributed by atoms with E-state index >= 15 is 0 Å². The highest BCUT2D eigenvalue weighted by Gasteiger charge is 1.43. The zero-order chi connectivity index (χ0) is 6.12. The predicted octanol–water partition coefficient (Wildman–Crippen LogP) is 1.36. The maximum atomic E-state index is 3.31. The van der Waals surface area contributed by atoms with Gasteiger partial charge in [-0.2, -0.15) is 5.10 Å². The lowest BCUT2D eigenvalue weighted by Crippen LogP contribution is -1.86. The van der Waals surface area contributed by atoms with Crippen LogP contribution in [0.3, 0.4) is 0 Å². The Morgan fingerprint density at radius 2 is 2.00 bits per heavy atom. The molecule has 0 spiro atoms. The first-order valence-corrected chi connectivity index (χ1v) is 2.24. The molecule has 0 bridgehead atoms. The Kier molecular flexibility index (Phi) is 25.7. The maximum absolute atomic E-state index is 3.31. The average Bonchev–Trinajstić information content (AvgIpc) is 1.75. The zero-order valence-electron chi connectivity index (χ0n) is 4.94. The van der Waals surface area contributed by atoms with E-state index in [1.807, 2.05) is 13.8 Å². The van der Waals surface area contributed by atoms with E-state index < -0.39 is 0 Å². The van der Waals surface area contributed by atoms with Crippen molar-refractivity contribution in [3.8, 4) is 0 Å². The molecule has 0 amide bonds. The third-order valence-corrected chi connectivity index (χ3v) is 0.183. The van der Waals surface area contributed by atoms with Crippen molar-refractivity contribution in [1.82, 2.24) is 5.43 Å². The molecule has 0 aliphatic rings. The van der Waals surface area contributed by atoms with E-state index in [4.69, 9.17) is 0 Å². The summed E-state index contributed by atoms with van der Waals surface area (Å²) < 4.78 is 0. The summed E-state index contributed by atoms with van der Waals surface area (Å²) in [5.41, 5.74) is 2.39. The summed E-state index contributed by atoms with van der Waals surface area (Å²) in [5, 5.41) is 3.24. The number of rotatable bonds is 2. The molecule has 0 aromatic carbocycles. The van der Waals surface area contributed by atoms with Gasteiger partial charge in [0.1, 0.15) is 0 Å². The van der Waals surface area contributed by atoms with Gasteiger partial charge in [-0.25, -0.2) is 0 Å². The van der Waals surface area contributed by atoms with Gasteiger partial charge in [-0.3, -0.25) is 5.43 Å². The van der Waals surface area contributed by atoms with Crippen molar-refractivity contribution < 1.29 is 0 Å². The number of nitrogens with zero attached hydrogens (tertiary/aromatic N) is 1. The number of hydrogen-bond donors (Lipinski definition) is 1. The standard InChI is InChI=1S/C3H6N2.C2H6/c1-3-5-4-2;1-2/h3,5H,1-2H2;1-2H3. The Morgan fingerprint density at radius 3 is 2.00 bits per heavy atom. The lowest BCUT2D eigenvalue weighted by atomic mass is 11.0. The molecule has 0 fully saturated rings. The van der Waals surface area contributed by atoms with Crippen molar-refractivity contribution in [2.24, 2.45) is 5.10 Å². The van der Waals surface area contributed by atoms with Gasteiger partial charge in [0.15, 0.2) is 0 Å². The summed E-state index contributed by atoms with van der Waals surface area (Å²) in [5.74, 6) is 0. The van der Waals surface area contributed by atoms with Gasteiger partial charge in [0.25, 0.3) is 0 Å². The van der Waals surface area contributed by atoms with Gasteiger partial charge < -0.3 is 0 Å². The second-order valence-electron chi connectivity index (χ2n) is 0.491. The van der Waals surface area contributed by atoms with Gasteiger partial charge in [0.05, 0.1) is 0 Å². The van der Waals surface area contributed by atoms with E-state index in [-0.39, 0.29) is 0 Å². The maximum Gasteiger partial charge on any atom is 0.0127 e. The summed E-state index contributed by atoms with van der Waals surface area (Å²) in [6, 6.07) is 0. The molecule has 0 aromatic rings. The van der Waals surface area contributed by atoms with Crippen LogP contribution in [0, 0.1) is 0 Å². The second kappa shape index (κ2) is 18.9. The highest BCUT2D eigenvalue weighted by molar-refractivity contribution is 5.22. The van der Waals surface area contributed by atoms with Crippen LogP contribution in [0.2, 0.25) is 0 Å². The summed E-state index contributed by atoms with van der Waals surface area (Å²) in [6.07, 6.45) is 1.45. The van der Waals surface area contributed by atoms with E-state index in [0.717, 1.165) is 0 Å². The molecule has 0 rings (SSSR count). The van der Waals surface area contributed by atoms with Gasteiger partial charge in [-0.15, -0.1) is 0 Å². The van der Waals surface area contributed by atoms with Crippen molar-refractivity contribution in [2.45, 2.75) is 13.8 Å². The van der Waals surface area contributed by atoms with E-state index in [2.05, 4.69) is 23.8 Å². The van der Waals surface area contributed by atoms with Crippen LogP contribution in [-0.2, 0) is 0 Å². The fourth-order valence-electron chi connectivity index (χ4n) is 0.0645. The Hall–Kier alpha value is -0.790. The summed E-state index contributed by atoms with van der Waals surface area (Å²) in [6.45, 7) is 10.4. The van der Waals surface area contributed by atoms with Crippen LogP contribution in [0.1, 0.15) is 13.8 Å². The molecule has 7 heavy (non-hydrogen) atoms. The lowest BCUT2D eigenvalue weighted by Gasteiger charge is -1.75. The highest BCUT2D eigenvalue weighted by Crippen LogP contribution is 1.44. The molecule has 0 aliphatic carbocycles. The Bertz CT molecular complexity index is 35.3. The topological polar surface area (TPSA) is 24.4 Å². The Balaban J connectivity index is 0. The third kappa shape index (κ3) is 36.7. The second-order valence-corrected chi connectivity index (χ2v) is 0.491. The minimum atomic E-state index is 1.45. The van der Waals surface area contributed by atoms with Gasteiger partial charge in [-0.05, 0) is 0 Å². The Labute approximate surface area is 44.9 Å². The molecule has 2 nitrogen and oxygen atoms in total. The largest absolute Gasteiger partial charge is 0.287 e. The van der Waals surface area contributed by atoms with Crippen molar-refractivity contribution in [2.75, 3.05) is 0 Å². The molecular formula is C5H12N2. The van der Waals surface area contributed by atoms with Crippen LogP contribution >= 0.6 is 0 Å². The monoisotopic (exact) mass is 100 g/mol. The van der Waals surface area contributed by atoms with Crippen molar-refractivity contribution >= 4 is 6.72 Å². The molecule has 0 saturated carbocycles. The molecular weight excluding hydrogens is 88.1 g/mol. The predicted molar refractivity (Wildman–Crippen MR) is 34.2 cm³/mol. The first kappa shape index (κ1) is 9.51. The SMILES string of the molecule is C=CNN=C.CC. The first-order chi connectivity index (χ1) is 3.41. The summed E-state index contributed by atoms with van der Waals surface area (Å²) >= 11 is 0. The molecule has 2 heteroatoms. The van der Waals surface area contributed by atoms with Gasteiger partial charge >= 0.3 is 0 Å². The quantitative estimate of drug-likeness (QED) is 0.411. The minimum Gasteiger partial charge on any atom is -0.287 e. The summed E-state index contributed by atoms with van der Waals surface area (Å²) in [7, 11) is 0. The Morgan fingerprint density at radius 1 is 1.57 bits per heavy atom. The van der Waals surface area contributed by atoms with Gasteiger partial charge in [0.2, 0.25) is 0 Å². The van der Waals surface area contributed by atoms with Crippen molar-refractivity contribution in [3.63, 3.8) is 0 Å². The molecule has 0 aromatic heterocycles. The van der Waals surface area contributed by atoms with E-state index in [9.17, 15) is 0 Å². The molecule has 1 N–H and O–H groups in total. The molecule has 0 radical (unpaired) electrons. The molecule has 0 heterocycles. The van der Waals surface area contributed by atoms with Crippen LogP contribution in [0.25, 0.3) is 0 Å². The van der Waals surface area contributed by atoms with Crippen LogP contribution < -0.4 is 5.43 Å². The molecule has 0 unspecified atom stereocenters. The lowest BCUT2D eigenvalue weighted by molar-refractivity contribution is 0.986. The zero-order valence-corrected chi connectivity index (χ0v) is 4.94. The highest BCUT2D eigenvalue weighted by atomic mass is 15.3. The molecule has 42 valence electrons. The van der Waals surface area contributed by atoms with Crippen LogP contribution in [0.4, 0.5) is 0 Å². The normalized spacial score (nSPS) is 4.86. The molecule has 0 saturated heterocycles.